The van der Waals surface area contributed by atoms with Crippen LogP contribution in [0.2, 0.25) is 0 Å². The van der Waals surface area contributed by atoms with E-state index < -0.39 is 9.80 Å². The molecular weight excluding hydrogens is 180 g/mol. The average Bonchev–Trinajstić information content (AvgIpc) is 1.25. The van der Waals surface area contributed by atoms with Crippen molar-refractivity contribution >= 4 is 13.4 Å². The summed E-state index contributed by atoms with van der Waals surface area (Å²) in [5.74, 6) is 0. The molecule has 0 spiro atoms. The van der Waals surface area contributed by atoms with Crippen molar-refractivity contribution in [2.45, 2.75) is 0 Å². The molecule has 0 N–H and O–H groups in total. The van der Waals surface area contributed by atoms with Gasteiger partial charge in [0.2, 0.25) is 0 Å². The molecule has 6 nitrogen and oxygen atoms in total. The molecule has 9 heavy (non-hydrogen) atoms. The molecule has 0 aliphatic heterocycles. The van der Waals surface area contributed by atoms with Gasteiger partial charge in [0.25, 0.3) is 0 Å². The van der Waals surface area contributed by atoms with Crippen molar-refractivity contribution in [3.63, 3.8) is 0 Å². The first-order valence-electron chi connectivity index (χ1n) is 1.36. The second-order valence-electron chi connectivity index (χ2n) is 0.665. The van der Waals surface area contributed by atoms with E-state index in [2.05, 4.69) is 13.4 Å². The molecule has 0 aromatic heterocycles. The van der Waals surface area contributed by atoms with Gasteiger partial charge in [-0.2, -0.15) is 9.80 Å². The molecule has 0 fully saturated rings. The minimum Gasteiger partial charge on any atom is -0.613 e. The number of rotatable bonds is 0. The summed E-state index contributed by atoms with van der Waals surface area (Å²) in [5, 5.41) is 34.8. The van der Waals surface area contributed by atoms with Gasteiger partial charge in [0.1, 0.15) is 0 Å². The summed E-state index contributed by atoms with van der Waals surface area (Å²) in [6.07, 6.45) is 0. The predicted octanol–water partition coefficient (Wildman–Crippen LogP) is -0.612. The van der Waals surface area contributed by atoms with E-state index in [0.717, 1.165) is 0 Å². The molecule has 0 saturated heterocycles. The van der Waals surface area contributed by atoms with E-state index in [0.29, 0.717) is 0 Å². The summed E-state index contributed by atoms with van der Waals surface area (Å²) in [7, 11) is 0. The van der Waals surface area contributed by atoms with E-state index in [1.54, 1.807) is 0 Å². The van der Waals surface area contributed by atoms with E-state index in [1.807, 2.05) is 0 Å². The quantitative estimate of drug-likeness (QED) is 0.216. The van der Waals surface area contributed by atoms with Crippen LogP contribution in [-0.4, -0.2) is 23.2 Å². The Kier molecular flexibility index (Phi) is 17.7. The first-order chi connectivity index (χ1) is 3.46. The van der Waals surface area contributed by atoms with Crippen molar-refractivity contribution in [1.82, 2.24) is 0 Å². The standard InChI is InChI=1S/2CH2NO2.Cu/c2*1-2(3)4;/h2*1H2;/q2*-1;+2. The first-order valence-corrected chi connectivity index (χ1v) is 1.36. The zero-order valence-corrected chi connectivity index (χ0v) is 5.18. The maximum absolute atomic E-state index is 8.69. The van der Waals surface area contributed by atoms with Gasteiger partial charge in [-0.1, -0.05) is 0 Å². The van der Waals surface area contributed by atoms with Crippen molar-refractivity contribution in [2.24, 2.45) is 0 Å². The second kappa shape index (κ2) is 10.1. The van der Waals surface area contributed by atoms with Gasteiger partial charge >= 0.3 is 17.1 Å². The third-order valence-corrected chi connectivity index (χ3v) is 0. The van der Waals surface area contributed by atoms with Crippen molar-refractivity contribution in [1.29, 1.82) is 0 Å². The molecule has 7 heteroatoms. The third kappa shape index (κ3) is 204. The molecule has 57 valence electrons. The van der Waals surface area contributed by atoms with Gasteiger partial charge in [-0.25, -0.2) is 0 Å². The Bertz CT molecular complexity index is 74.6. The maximum Gasteiger partial charge on any atom is 2.00 e. The number of nitrogens with zero attached hydrogens (tertiary/aromatic N) is 2. The average molecular weight is 184 g/mol. The number of hydrogen-bond donors (Lipinski definition) is 0. The molecule has 1 radical (unpaired) electrons. The van der Waals surface area contributed by atoms with E-state index in [9.17, 15) is 0 Å². The van der Waals surface area contributed by atoms with Gasteiger partial charge in [-0.3, -0.25) is 0 Å². The molecule has 0 unspecified atom stereocenters. The number of hydrogen-bond acceptors (Lipinski definition) is 4. The Labute approximate surface area is 61.9 Å². The van der Waals surface area contributed by atoms with Crippen molar-refractivity contribution in [3.05, 3.63) is 20.8 Å². The van der Waals surface area contributed by atoms with Crippen LogP contribution >= 0.6 is 0 Å². The first kappa shape index (κ1) is 15.7. The van der Waals surface area contributed by atoms with Crippen LogP contribution < -0.4 is 0 Å². The maximum atomic E-state index is 8.69. The summed E-state index contributed by atoms with van der Waals surface area (Å²) in [6.45, 7) is 4.72. The van der Waals surface area contributed by atoms with Gasteiger partial charge in [0.05, 0.1) is 0 Å². The van der Waals surface area contributed by atoms with Crippen LogP contribution in [0.4, 0.5) is 0 Å². The molecule has 0 aromatic rings. The summed E-state index contributed by atoms with van der Waals surface area (Å²) in [6, 6.07) is 0. The van der Waals surface area contributed by atoms with Crippen LogP contribution in [0.3, 0.4) is 0 Å². The van der Waals surface area contributed by atoms with Crippen molar-refractivity contribution < 1.29 is 26.9 Å². The van der Waals surface area contributed by atoms with Gasteiger partial charge in [-0.15, -0.1) is 0 Å². The third-order valence-electron chi connectivity index (χ3n) is 0. The fourth-order valence-electron chi connectivity index (χ4n) is 0. The van der Waals surface area contributed by atoms with Crippen LogP contribution in [0.15, 0.2) is 0 Å². The van der Waals surface area contributed by atoms with Gasteiger partial charge < -0.3 is 20.8 Å². The molecule has 0 heterocycles. The fraction of sp³-hybridized carbons (Fsp3) is 0. The van der Waals surface area contributed by atoms with Crippen LogP contribution in [-0.2, 0) is 17.1 Å². The molecule has 0 saturated carbocycles. The normalized spacial score (nSPS) is 5.33. The van der Waals surface area contributed by atoms with E-state index in [1.165, 1.54) is 0 Å². The fourth-order valence-corrected chi connectivity index (χ4v) is 0. The van der Waals surface area contributed by atoms with Gasteiger partial charge in [0, 0.05) is 0 Å². The molecule has 0 bridgehead atoms. The molecule has 0 amide bonds. The topological polar surface area (TPSA) is 98.3 Å². The minimum absolute atomic E-state index is 0. The summed E-state index contributed by atoms with van der Waals surface area (Å²) in [4.78, 5) is -1.50. The largest absolute Gasteiger partial charge is 2.00 e. The summed E-state index contributed by atoms with van der Waals surface area (Å²) < 4.78 is 0. The Morgan fingerprint density at radius 2 is 0.778 bits per heavy atom. The Balaban J connectivity index is -0.0000000720. The predicted molar refractivity (Wildman–Crippen MR) is 28.2 cm³/mol. The summed E-state index contributed by atoms with van der Waals surface area (Å²) in [5.41, 5.74) is 0. The van der Waals surface area contributed by atoms with Crippen LogP contribution in [0.25, 0.3) is 0 Å². The van der Waals surface area contributed by atoms with Crippen LogP contribution in [0.5, 0.6) is 0 Å². The molecule has 0 aromatic carbocycles. The Morgan fingerprint density at radius 3 is 0.778 bits per heavy atom. The minimum atomic E-state index is -0.750. The Hall–Kier alpha value is -0.941. The van der Waals surface area contributed by atoms with Crippen molar-refractivity contribution in [3.8, 4) is 0 Å². The van der Waals surface area contributed by atoms with E-state index in [4.69, 9.17) is 20.8 Å². The SMILES string of the molecule is C=[N+]([O-])[O-].C=[N+]([O-])[O-].[Cu+2]. The van der Waals surface area contributed by atoms with Crippen LogP contribution in [0, 0.1) is 20.8 Å². The smallest absolute Gasteiger partial charge is 0.613 e. The zero-order chi connectivity index (χ0) is 7.15. The zero-order valence-electron chi connectivity index (χ0n) is 4.24. The molecule has 0 aliphatic rings. The second-order valence-corrected chi connectivity index (χ2v) is 0.665. The molecule has 0 atom stereocenters. The Morgan fingerprint density at radius 1 is 0.778 bits per heavy atom. The van der Waals surface area contributed by atoms with Crippen molar-refractivity contribution in [2.75, 3.05) is 0 Å². The van der Waals surface area contributed by atoms with Gasteiger partial charge in [0.15, 0.2) is 13.4 Å². The molecular formula is C2H4CuN2O4. The van der Waals surface area contributed by atoms with Crippen LogP contribution in [0.1, 0.15) is 0 Å². The molecule has 0 aliphatic carbocycles. The summed E-state index contributed by atoms with van der Waals surface area (Å²) >= 11 is 0. The van der Waals surface area contributed by atoms with Gasteiger partial charge in [-0.05, 0) is 0 Å². The van der Waals surface area contributed by atoms with E-state index in [-0.39, 0.29) is 17.1 Å². The molecule has 0 rings (SSSR count). The monoisotopic (exact) mass is 183 g/mol. The van der Waals surface area contributed by atoms with E-state index >= 15 is 0 Å².